The van der Waals surface area contributed by atoms with Gasteiger partial charge in [-0.15, -0.1) is 0 Å². The number of nitrogens with one attached hydrogen (secondary N) is 2. The van der Waals surface area contributed by atoms with Gasteiger partial charge in [-0.2, -0.15) is 0 Å². The Kier molecular flexibility index (Phi) is 5.00. The highest BCUT2D eigenvalue weighted by Crippen LogP contribution is 2.18. The van der Waals surface area contributed by atoms with E-state index in [0.717, 1.165) is 37.7 Å². The predicted octanol–water partition coefficient (Wildman–Crippen LogP) is 0.603. The van der Waals surface area contributed by atoms with Gasteiger partial charge in [0.15, 0.2) is 0 Å². The van der Waals surface area contributed by atoms with E-state index >= 15 is 0 Å². The molecule has 1 aromatic rings. The molecule has 0 spiro atoms. The minimum Gasteiger partial charge on any atom is -0.378 e. The van der Waals surface area contributed by atoms with E-state index < -0.39 is 0 Å². The average Bonchev–Trinajstić information content (AvgIpc) is 2.47. The Labute approximate surface area is 112 Å². The van der Waals surface area contributed by atoms with Crippen LogP contribution in [0, 0.1) is 0 Å². The average molecular weight is 264 g/mol. The summed E-state index contributed by atoms with van der Waals surface area (Å²) in [4.78, 5) is 13.7. The number of urea groups is 1. The van der Waals surface area contributed by atoms with Gasteiger partial charge in [-0.3, -0.25) is 0 Å². The molecule has 0 radical (unpaired) electrons. The first-order chi connectivity index (χ1) is 9.29. The fourth-order valence-corrected chi connectivity index (χ4v) is 1.94. The number of benzene rings is 1. The maximum atomic E-state index is 11.5. The molecular weight excluding hydrogens is 244 g/mol. The van der Waals surface area contributed by atoms with Crippen molar-refractivity contribution in [3.8, 4) is 0 Å². The summed E-state index contributed by atoms with van der Waals surface area (Å²) < 4.78 is 5.32. The molecule has 104 valence electrons. The smallest absolute Gasteiger partial charge is 0.319 e. The Morgan fingerprint density at radius 1 is 1.26 bits per heavy atom. The molecular formula is C13H20N4O2. The molecule has 0 atom stereocenters. The molecule has 0 aliphatic carbocycles. The van der Waals surface area contributed by atoms with Crippen LogP contribution >= 0.6 is 0 Å². The third-order valence-corrected chi connectivity index (χ3v) is 2.93. The van der Waals surface area contributed by atoms with Crippen LogP contribution in [0.15, 0.2) is 24.3 Å². The van der Waals surface area contributed by atoms with Gasteiger partial charge in [0.2, 0.25) is 0 Å². The Bertz CT molecular complexity index is 402. The molecule has 1 heterocycles. The molecule has 6 nitrogen and oxygen atoms in total. The summed E-state index contributed by atoms with van der Waals surface area (Å²) in [7, 11) is 0. The van der Waals surface area contributed by atoms with E-state index in [1.54, 1.807) is 0 Å². The second-order valence-electron chi connectivity index (χ2n) is 4.32. The molecule has 0 aromatic heterocycles. The molecule has 19 heavy (non-hydrogen) atoms. The highest BCUT2D eigenvalue weighted by Gasteiger charge is 2.10. The van der Waals surface area contributed by atoms with Crippen LogP contribution in [-0.4, -0.2) is 45.4 Å². The summed E-state index contributed by atoms with van der Waals surface area (Å²) in [5.41, 5.74) is 7.23. The number of hydrogen-bond acceptors (Lipinski definition) is 4. The molecule has 1 fully saturated rings. The van der Waals surface area contributed by atoms with E-state index in [4.69, 9.17) is 10.5 Å². The van der Waals surface area contributed by atoms with Crippen molar-refractivity contribution in [1.29, 1.82) is 0 Å². The first-order valence-electron chi connectivity index (χ1n) is 6.47. The predicted molar refractivity (Wildman–Crippen MR) is 75.5 cm³/mol. The Balaban J connectivity index is 1.88. The highest BCUT2D eigenvalue weighted by atomic mass is 16.5. The monoisotopic (exact) mass is 264 g/mol. The summed E-state index contributed by atoms with van der Waals surface area (Å²) in [5, 5.41) is 5.41. The summed E-state index contributed by atoms with van der Waals surface area (Å²) in [6.07, 6.45) is 0. The van der Waals surface area contributed by atoms with Gasteiger partial charge in [0.1, 0.15) is 0 Å². The number of ether oxygens (including phenoxy) is 1. The topological polar surface area (TPSA) is 79.6 Å². The van der Waals surface area contributed by atoms with Crippen molar-refractivity contribution in [2.24, 2.45) is 5.73 Å². The zero-order chi connectivity index (χ0) is 13.5. The molecule has 0 bridgehead atoms. The number of carbonyl (C=O) groups excluding carboxylic acids is 1. The van der Waals surface area contributed by atoms with Gasteiger partial charge >= 0.3 is 6.03 Å². The standard InChI is InChI=1S/C13H20N4O2/c14-5-6-15-13(18)16-11-1-3-12(4-2-11)17-7-9-19-10-8-17/h1-4H,5-10,14H2,(H2,15,16,18). The summed E-state index contributed by atoms with van der Waals surface area (Å²) >= 11 is 0. The van der Waals surface area contributed by atoms with Gasteiger partial charge in [-0.1, -0.05) is 0 Å². The third kappa shape index (κ3) is 4.11. The molecule has 6 heteroatoms. The molecule has 1 saturated heterocycles. The largest absolute Gasteiger partial charge is 0.378 e. The van der Waals surface area contributed by atoms with Crippen molar-refractivity contribution in [1.82, 2.24) is 5.32 Å². The number of morpholine rings is 1. The molecule has 4 N–H and O–H groups in total. The van der Waals surface area contributed by atoms with Gasteiger partial charge in [0.05, 0.1) is 13.2 Å². The zero-order valence-electron chi connectivity index (χ0n) is 10.9. The lowest BCUT2D eigenvalue weighted by Gasteiger charge is -2.28. The molecule has 0 saturated carbocycles. The van der Waals surface area contributed by atoms with Crippen LogP contribution in [0.4, 0.5) is 16.2 Å². The van der Waals surface area contributed by atoms with Crippen molar-refractivity contribution in [2.75, 3.05) is 49.6 Å². The van der Waals surface area contributed by atoms with Gasteiger partial charge in [0.25, 0.3) is 0 Å². The van der Waals surface area contributed by atoms with Gasteiger partial charge < -0.3 is 26.0 Å². The lowest BCUT2D eigenvalue weighted by Crippen LogP contribution is -2.36. The second kappa shape index (κ2) is 6.96. The van der Waals surface area contributed by atoms with Gasteiger partial charge in [-0.25, -0.2) is 4.79 Å². The normalized spacial score (nSPS) is 15.1. The summed E-state index contributed by atoms with van der Waals surface area (Å²) in [5.74, 6) is 0. The zero-order valence-corrected chi connectivity index (χ0v) is 10.9. The minimum absolute atomic E-state index is 0.232. The van der Waals surface area contributed by atoms with Crippen LogP contribution in [0.5, 0.6) is 0 Å². The van der Waals surface area contributed by atoms with E-state index in [2.05, 4.69) is 15.5 Å². The first kappa shape index (κ1) is 13.6. The number of nitrogens with two attached hydrogens (primary N) is 1. The quantitative estimate of drug-likeness (QED) is 0.744. The van der Waals surface area contributed by atoms with Crippen LogP contribution in [0.2, 0.25) is 0 Å². The SMILES string of the molecule is NCCNC(=O)Nc1ccc(N2CCOCC2)cc1. The van der Waals surface area contributed by atoms with Crippen molar-refractivity contribution in [2.45, 2.75) is 0 Å². The number of anilines is 2. The van der Waals surface area contributed by atoms with E-state index in [-0.39, 0.29) is 6.03 Å². The van der Waals surface area contributed by atoms with Crippen LogP contribution in [0.3, 0.4) is 0 Å². The number of rotatable bonds is 4. The molecule has 2 rings (SSSR count). The van der Waals surface area contributed by atoms with Gasteiger partial charge in [-0.05, 0) is 24.3 Å². The summed E-state index contributed by atoms with van der Waals surface area (Å²) in [6, 6.07) is 7.57. The molecule has 0 unspecified atom stereocenters. The molecule has 1 aliphatic heterocycles. The maximum absolute atomic E-state index is 11.5. The third-order valence-electron chi connectivity index (χ3n) is 2.93. The highest BCUT2D eigenvalue weighted by molar-refractivity contribution is 5.89. The number of hydrogen-bond donors (Lipinski definition) is 3. The lowest BCUT2D eigenvalue weighted by atomic mass is 10.2. The second-order valence-corrected chi connectivity index (χ2v) is 4.32. The fraction of sp³-hybridized carbons (Fsp3) is 0.462. The number of nitrogens with zero attached hydrogens (tertiary/aromatic N) is 1. The maximum Gasteiger partial charge on any atom is 0.319 e. The fourth-order valence-electron chi connectivity index (χ4n) is 1.94. The number of amides is 2. The van der Waals surface area contributed by atoms with Crippen molar-refractivity contribution in [3.05, 3.63) is 24.3 Å². The Morgan fingerprint density at radius 2 is 1.95 bits per heavy atom. The van der Waals surface area contributed by atoms with Crippen LogP contribution in [-0.2, 0) is 4.74 Å². The van der Waals surface area contributed by atoms with Crippen molar-refractivity contribution in [3.63, 3.8) is 0 Å². The molecule has 2 amide bonds. The lowest BCUT2D eigenvalue weighted by molar-refractivity contribution is 0.122. The first-order valence-corrected chi connectivity index (χ1v) is 6.47. The summed E-state index contributed by atoms with van der Waals surface area (Å²) in [6.45, 7) is 4.25. The van der Waals surface area contributed by atoms with E-state index in [0.29, 0.717) is 13.1 Å². The van der Waals surface area contributed by atoms with Crippen LogP contribution in [0.25, 0.3) is 0 Å². The van der Waals surface area contributed by atoms with E-state index in [9.17, 15) is 4.79 Å². The minimum atomic E-state index is -0.232. The van der Waals surface area contributed by atoms with Gasteiger partial charge in [0, 0.05) is 37.6 Å². The molecule has 1 aromatic carbocycles. The Morgan fingerprint density at radius 3 is 2.58 bits per heavy atom. The van der Waals surface area contributed by atoms with Crippen molar-refractivity contribution < 1.29 is 9.53 Å². The van der Waals surface area contributed by atoms with Crippen LogP contribution in [0.1, 0.15) is 0 Å². The van der Waals surface area contributed by atoms with E-state index in [1.807, 2.05) is 24.3 Å². The van der Waals surface area contributed by atoms with Crippen LogP contribution < -0.4 is 21.3 Å². The number of carbonyl (C=O) groups is 1. The van der Waals surface area contributed by atoms with E-state index in [1.165, 1.54) is 0 Å². The Hall–Kier alpha value is -1.79. The molecule has 1 aliphatic rings. The van der Waals surface area contributed by atoms with Crippen molar-refractivity contribution >= 4 is 17.4 Å².